The van der Waals surface area contributed by atoms with Gasteiger partial charge in [0.25, 0.3) is 0 Å². The minimum absolute atomic E-state index is 0.633. The number of hydrogen-bond donors (Lipinski definition) is 1. The van der Waals surface area contributed by atoms with Gasteiger partial charge in [-0.1, -0.05) is 27.7 Å². The second-order valence-electron chi connectivity index (χ2n) is 7.31. The predicted octanol–water partition coefficient (Wildman–Crippen LogP) is 3.69. The Morgan fingerprint density at radius 2 is 2.00 bits per heavy atom. The monoisotopic (exact) mass is 309 g/mol. The zero-order valence-electron chi connectivity index (χ0n) is 14.2. The third-order valence-corrected chi connectivity index (χ3v) is 4.97. The first kappa shape index (κ1) is 16.9. The van der Waals surface area contributed by atoms with E-state index in [1.807, 2.05) is 0 Å². The molecule has 120 valence electrons. The highest BCUT2D eigenvalue weighted by atomic mass is 32.1. The topological polar surface area (TPSA) is 28.2 Å². The van der Waals surface area contributed by atoms with Crippen LogP contribution >= 0.6 is 11.3 Å². The van der Waals surface area contributed by atoms with Gasteiger partial charge in [0.05, 0.1) is 10.7 Å². The van der Waals surface area contributed by atoms with Gasteiger partial charge in [0.15, 0.2) is 0 Å². The van der Waals surface area contributed by atoms with Gasteiger partial charge in [-0.15, -0.1) is 11.3 Å². The van der Waals surface area contributed by atoms with Crippen molar-refractivity contribution in [3.8, 4) is 0 Å². The van der Waals surface area contributed by atoms with Gasteiger partial charge in [-0.2, -0.15) is 0 Å². The average Bonchev–Trinajstić information content (AvgIpc) is 2.77. The molecule has 0 saturated carbocycles. The Morgan fingerprint density at radius 3 is 2.57 bits per heavy atom. The molecule has 1 aromatic rings. The van der Waals surface area contributed by atoms with Crippen molar-refractivity contribution in [1.82, 2.24) is 15.2 Å². The summed E-state index contributed by atoms with van der Waals surface area (Å²) in [5, 5.41) is 7.17. The van der Waals surface area contributed by atoms with Gasteiger partial charge >= 0.3 is 0 Å². The molecule has 3 nitrogen and oxygen atoms in total. The minimum atomic E-state index is 0.633. The van der Waals surface area contributed by atoms with Gasteiger partial charge in [0.1, 0.15) is 0 Å². The summed E-state index contributed by atoms with van der Waals surface area (Å²) in [6, 6.07) is 1.28. The first-order valence-electron chi connectivity index (χ1n) is 8.32. The van der Waals surface area contributed by atoms with E-state index in [1.54, 1.807) is 11.3 Å². The number of nitrogens with zero attached hydrogens (tertiary/aromatic N) is 2. The SMILES string of the molecule is Cc1nc(CN2CC(CC(C)C)NCC2CC(C)C)cs1. The minimum Gasteiger partial charge on any atom is -0.311 e. The number of hydrogen-bond acceptors (Lipinski definition) is 4. The molecule has 1 aromatic heterocycles. The fraction of sp³-hybridized carbons (Fsp3) is 0.824. The first-order valence-corrected chi connectivity index (χ1v) is 9.20. The smallest absolute Gasteiger partial charge is 0.0897 e. The van der Waals surface area contributed by atoms with E-state index in [0.717, 1.165) is 31.5 Å². The van der Waals surface area contributed by atoms with E-state index in [9.17, 15) is 0 Å². The molecule has 0 aliphatic carbocycles. The molecule has 0 aromatic carbocycles. The zero-order chi connectivity index (χ0) is 15.4. The van der Waals surface area contributed by atoms with Gasteiger partial charge in [0.2, 0.25) is 0 Å². The summed E-state index contributed by atoms with van der Waals surface area (Å²) < 4.78 is 0. The molecule has 2 unspecified atom stereocenters. The molecule has 1 saturated heterocycles. The second kappa shape index (κ2) is 7.70. The number of thiazole rings is 1. The van der Waals surface area contributed by atoms with Crippen molar-refractivity contribution in [2.24, 2.45) is 11.8 Å². The maximum atomic E-state index is 4.66. The van der Waals surface area contributed by atoms with E-state index in [-0.39, 0.29) is 0 Å². The Labute approximate surface area is 134 Å². The van der Waals surface area contributed by atoms with Crippen LogP contribution in [0.2, 0.25) is 0 Å². The summed E-state index contributed by atoms with van der Waals surface area (Å²) in [6.45, 7) is 14.7. The van der Waals surface area contributed by atoms with Crippen LogP contribution in [-0.2, 0) is 6.54 Å². The van der Waals surface area contributed by atoms with Crippen molar-refractivity contribution >= 4 is 11.3 Å². The Morgan fingerprint density at radius 1 is 1.29 bits per heavy atom. The Balaban J connectivity index is 2.01. The van der Waals surface area contributed by atoms with Crippen LogP contribution in [0.3, 0.4) is 0 Å². The average molecular weight is 310 g/mol. The summed E-state index contributed by atoms with van der Waals surface area (Å²) >= 11 is 1.77. The highest BCUT2D eigenvalue weighted by Gasteiger charge is 2.29. The highest BCUT2D eigenvalue weighted by Crippen LogP contribution is 2.21. The second-order valence-corrected chi connectivity index (χ2v) is 8.37. The van der Waals surface area contributed by atoms with E-state index < -0.39 is 0 Å². The zero-order valence-corrected chi connectivity index (χ0v) is 15.0. The molecule has 0 bridgehead atoms. The fourth-order valence-corrected chi connectivity index (χ4v) is 3.92. The molecule has 1 fully saturated rings. The third-order valence-electron chi connectivity index (χ3n) is 4.14. The molecule has 2 rings (SSSR count). The lowest BCUT2D eigenvalue weighted by atomic mass is 9.95. The lowest BCUT2D eigenvalue weighted by Crippen LogP contribution is -2.56. The normalized spacial score (nSPS) is 24.1. The predicted molar refractivity (Wildman–Crippen MR) is 91.7 cm³/mol. The number of nitrogens with one attached hydrogen (secondary N) is 1. The first-order chi connectivity index (χ1) is 9.94. The largest absolute Gasteiger partial charge is 0.311 e. The number of rotatable bonds is 6. The summed E-state index contributed by atoms with van der Waals surface area (Å²) in [4.78, 5) is 7.33. The van der Waals surface area contributed by atoms with E-state index in [1.165, 1.54) is 23.5 Å². The van der Waals surface area contributed by atoms with E-state index in [4.69, 9.17) is 0 Å². The summed E-state index contributed by atoms with van der Waals surface area (Å²) in [6.07, 6.45) is 2.53. The molecule has 1 N–H and O–H groups in total. The number of aromatic nitrogens is 1. The molecular formula is C17H31N3S. The lowest BCUT2D eigenvalue weighted by molar-refractivity contribution is 0.0986. The van der Waals surface area contributed by atoms with Crippen LogP contribution in [0.1, 0.15) is 51.2 Å². The van der Waals surface area contributed by atoms with Gasteiger partial charge in [-0.05, 0) is 31.6 Å². The van der Waals surface area contributed by atoms with E-state index in [2.05, 4.69) is 55.2 Å². The van der Waals surface area contributed by atoms with Crippen LogP contribution in [-0.4, -0.2) is 35.1 Å². The molecular weight excluding hydrogens is 278 g/mol. The summed E-state index contributed by atoms with van der Waals surface area (Å²) in [5.41, 5.74) is 1.25. The van der Waals surface area contributed by atoms with Crippen LogP contribution in [0.4, 0.5) is 0 Å². The van der Waals surface area contributed by atoms with Crippen molar-refractivity contribution in [3.05, 3.63) is 16.1 Å². The lowest BCUT2D eigenvalue weighted by Gasteiger charge is -2.41. The molecule has 1 aliphatic rings. The molecule has 0 radical (unpaired) electrons. The van der Waals surface area contributed by atoms with Gasteiger partial charge in [-0.3, -0.25) is 4.90 Å². The van der Waals surface area contributed by atoms with Crippen molar-refractivity contribution in [1.29, 1.82) is 0 Å². The Hall–Kier alpha value is -0.450. The van der Waals surface area contributed by atoms with Crippen molar-refractivity contribution in [2.75, 3.05) is 13.1 Å². The van der Waals surface area contributed by atoms with Crippen molar-refractivity contribution < 1.29 is 0 Å². The number of piperazine rings is 1. The summed E-state index contributed by atoms with van der Waals surface area (Å²) in [5.74, 6) is 1.51. The van der Waals surface area contributed by atoms with Crippen molar-refractivity contribution in [3.63, 3.8) is 0 Å². The molecule has 0 amide bonds. The quantitative estimate of drug-likeness (QED) is 0.869. The molecule has 4 heteroatoms. The summed E-state index contributed by atoms with van der Waals surface area (Å²) in [7, 11) is 0. The molecule has 1 aliphatic heterocycles. The van der Waals surface area contributed by atoms with Gasteiger partial charge in [-0.25, -0.2) is 4.98 Å². The highest BCUT2D eigenvalue weighted by molar-refractivity contribution is 7.09. The van der Waals surface area contributed by atoms with Gasteiger partial charge < -0.3 is 5.32 Å². The Kier molecular flexibility index (Phi) is 6.20. The molecule has 2 atom stereocenters. The van der Waals surface area contributed by atoms with Gasteiger partial charge in [0, 0.05) is 37.1 Å². The molecule has 21 heavy (non-hydrogen) atoms. The van der Waals surface area contributed by atoms with Crippen LogP contribution in [0.15, 0.2) is 5.38 Å². The third kappa shape index (κ3) is 5.35. The molecule has 2 heterocycles. The number of aryl methyl sites for hydroxylation is 1. The Bertz CT molecular complexity index is 427. The van der Waals surface area contributed by atoms with Crippen LogP contribution < -0.4 is 5.32 Å². The van der Waals surface area contributed by atoms with E-state index in [0.29, 0.717) is 12.1 Å². The van der Waals surface area contributed by atoms with E-state index >= 15 is 0 Å². The molecule has 0 spiro atoms. The maximum Gasteiger partial charge on any atom is 0.0897 e. The maximum absolute atomic E-state index is 4.66. The van der Waals surface area contributed by atoms with Crippen LogP contribution in [0, 0.1) is 18.8 Å². The van der Waals surface area contributed by atoms with Crippen LogP contribution in [0.5, 0.6) is 0 Å². The van der Waals surface area contributed by atoms with Crippen molar-refractivity contribution in [2.45, 2.75) is 66.1 Å². The fourth-order valence-electron chi connectivity index (χ4n) is 3.31. The van der Waals surface area contributed by atoms with Crippen LogP contribution in [0.25, 0.3) is 0 Å². The standard InChI is InChI=1S/C17H31N3S/c1-12(2)6-15-9-20(10-16-11-21-14(5)19-16)17(8-18-15)7-13(3)4/h11-13,15,17-18H,6-10H2,1-5H3.